The molecule has 0 radical (unpaired) electrons. The standard InChI is InChI=1S/C7H9NO2/c9-4-8-6-2-1-5(3-6)7(8)10/h1-2,5-6,9H,3-4H2/t5-,6+/m0/s1. The van der Waals surface area contributed by atoms with E-state index in [1.165, 1.54) is 4.90 Å². The molecule has 0 spiro atoms. The highest BCUT2D eigenvalue weighted by atomic mass is 16.3. The molecule has 1 fully saturated rings. The highest BCUT2D eigenvalue weighted by Crippen LogP contribution is 2.31. The van der Waals surface area contributed by atoms with E-state index >= 15 is 0 Å². The number of fused-ring (bicyclic) bond motifs is 2. The molecule has 1 amide bonds. The first-order valence-corrected chi connectivity index (χ1v) is 3.42. The van der Waals surface area contributed by atoms with Gasteiger partial charge in [-0.2, -0.15) is 0 Å². The average Bonchev–Trinajstić information content (AvgIpc) is 2.46. The molecule has 2 aliphatic rings. The molecule has 10 heavy (non-hydrogen) atoms. The number of aliphatic hydroxyl groups excluding tert-OH is 1. The minimum atomic E-state index is -0.135. The van der Waals surface area contributed by atoms with Crippen LogP contribution in [0.4, 0.5) is 0 Å². The van der Waals surface area contributed by atoms with Gasteiger partial charge in [-0.1, -0.05) is 12.2 Å². The van der Waals surface area contributed by atoms with Crippen LogP contribution >= 0.6 is 0 Å². The van der Waals surface area contributed by atoms with E-state index in [0.717, 1.165) is 6.42 Å². The minimum absolute atomic E-state index is 0.0668. The summed E-state index contributed by atoms with van der Waals surface area (Å²) in [6.07, 6.45) is 4.79. The lowest BCUT2D eigenvalue weighted by Gasteiger charge is -2.20. The predicted molar refractivity (Wildman–Crippen MR) is 35.0 cm³/mol. The Morgan fingerprint density at radius 3 is 2.90 bits per heavy atom. The van der Waals surface area contributed by atoms with Gasteiger partial charge in [0.15, 0.2) is 0 Å². The molecular formula is C7H9NO2. The lowest BCUT2D eigenvalue weighted by atomic mass is 10.1. The summed E-state index contributed by atoms with van der Waals surface area (Å²) in [5.74, 6) is 0.146. The second kappa shape index (κ2) is 1.83. The van der Waals surface area contributed by atoms with Crippen LogP contribution in [-0.2, 0) is 4.79 Å². The quantitative estimate of drug-likeness (QED) is 0.508. The Bertz CT molecular complexity index is 200. The summed E-state index contributed by atoms with van der Waals surface area (Å²) < 4.78 is 0. The third kappa shape index (κ3) is 0.555. The Hall–Kier alpha value is -0.830. The number of carbonyl (C=O) groups excluding carboxylic acids is 1. The topological polar surface area (TPSA) is 40.5 Å². The van der Waals surface area contributed by atoms with E-state index < -0.39 is 0 Å². The van der Waals surface area contributed by atoms with E-state index in [2.05, 4.69) is 0 Å². The first kappa shape index (κ1) is 5.92. The maximum Gasteiger partial charge on any atom is 0.231 e. The molecule has 2 rings (SSSR count). The zero-order chi connectivity index (χ0) is 7.14. The minimum Gasteiger partial charge on any atom is -0.376 e. The van der Waals surface area contributed by atoms with E-state index in [1.54, 1.807) is 0 Å². The Morgan fingerprint density at radius 1 is 1.70 bits per heavy atom. The fourth-order valence-electron chi connectivity index (χ4n) is 1.64. The van der Waals surface area contributed by atoms with E-state index in [-0.39, 0.29) is 24.6 Å². The van der Waals surface area contributed by atoms with Crippen molar-refractivity contribution < 1.29 is 9.90 Å². The number of hydrogen-bond acceptors (Lipinski definition) is 2. The van der Waals surface area contributed by atoms with Crippen LogP contribution < -0.4 is 0 Å². The zero-order valence-electron chi connectivity index (χ0n) is 5.53. The molecule has 2 atom stereocenters. The van der Waals surface area contributed by atoms with Crippen LogP contribution in [0.25, 0.3) is 0 Å². The molecular weight excluding hydrogens is 130 g/mol. The number of amides is 1. The summed E-state index contributed by atoms with van der Waals surface area (Å²) in [6.45, 7) is -0.135. The van der Waals surface area contributed by atoms with Crippen LogP contribution in [0, 0.1) is 5.92 Å². The van der Waals surface area contributed by atoms with Gasteiger partial charge < -0.3 is 10.0 Å². The Kier molecular flexibility index (Phi) is 1.08. The summed E-state index contributed by atoms with van der Waals surface area (Å²) >= 11 is 0. The summed E-state index contributed by atoms with van der Waals surface area (Å²) in [6, 6.07) is 0.183. The second-order valence-corrected chi connectivity index (χ2v) is 2.74. The maximum atomic E-state index is 11.1. The second-order valence-electron chi connectivity index (χ2n) is 2.74. The van der Waals surface area contributed by atoms with Crippen LogP contribution in [0.15, 0.2) is 12.2 Å². The van der Waals surface area contributed by atoms with E-state index in [0.29, 0.717) is 0 Å². The first-order chi connectivity index (χ1) is 4.83. The third-order valence-corrected chi connectivity index (χ3v) is 2.21. The number of rotatable bonds is 1. The van der Waals surface area contributed by atoms with Crippen LogP contribution in [0.5, 0.6) is 0 Å². The van der Waals surface area contributed by atoms with Crippen LogP contribution in [0.2, 0.25) is 0 Å². The van der Waals surface area contributed by atoms with Gasteiger partial charge in [-0.3, -0.25) is 4.79 Å². The van der Waals surface area contributed by atoms with Gasteiger partial charge in [0.25, 0.3) is 0 Å². The molecule has 0 unspecified atom stereocenters. The molecule has 1 aliphatic carbocycles. The first-order valence-electron chi connectivity index (χ1n) is 3.42. The van der Waals surface area contributed by atoms with Crippen LogP contribution in [0.3, 0.4) is 0 Å². The van der Waals surface area contributed by atoms with Crippen molar-refractivity contribution in [2.45, 2.75) is 12.5 Å². The van der Waals surface area contributed by atoms with Gasteiger partial charge in [-0.05, 0) is 6.42 Å². The highest BCUT2D eigenvalue weighted by Gasteiger charge is 2.40. The largest absolute Gasteiger partial charge is 0.376 e. The van der Waals surface area contributed by atoms with Gasteiger partial charge in [-0.15, -0.1) is 0 Å². The monoisotopic (exact) mass is 139 g/mol. The molecule has 1 heterocycles. The number of likely N-dealkylation sites (tertiary alicyclic amines) is 1. The molecule has 3 heteroatoms. The van der Waals surface area contributed by atoms with Crippen molar-refractivity contribution in [2.24, 2.45) is 5.92 Å². The smallest absolute Gasteiger partial charge is 0.231 e. The highest BCUT2D eigenvalue weighted by molar-refractivity contribution is 5.85. The fourth-order valence-corrected chi connectivity index (χ4v) is 1.64. The molecule has 3 nitrogen and oxygen atoms in total. The van der Waals surface area contributed by atoms with Crippen molar-refractivity contribution in [2.75, 3.05) is 6.73 Å². The molecule has 1 saturated heterocycles. The summed E-state index contributed by atoms with van der Waals surface area (Å²) in [4.78, 5) is 12.6. The van der Waals surface area contributed by atoms with Crippen molar-refractivity contribution >= 4 is 5.91 Å². The predicted octanol–water partition coefficient (Wildman–Crippen LogP) is -0.277. The molecule has 2 bridgehead atoms. The molecule has 0 aromatic carbocycles. The van der Waals surface area contributed by atoms with Crippen molar-refractivity contribution in [3.8, 4) is 0 Å². The molecule has 0 saturated carbocycles. The fraction of sp³-hybridized carbons (Fsp3) is 0.571. The lowest BCUT2D eigenvalue weighted by molar-refractivity contribution is -0.134. The van der Waals surface area contributed by atoms with Crippen LogP contribution in [0.1, 0.15) is 6.42 Å². The average molecular weight is 139 g/mol. The Balaban J connectivity index is 2.26. The molecule has 0 aromatic heterocycles. The molecule has 1 aliphatic heterocycles. The van der Waals surface area contributed by atoms with Crippen molar-refractivity contribution in [1.29, 1.82) is 0 Å². The number of carbonyl (C=O) groups is 1. The van der Waals surface area contributed by atoms with Crippen molar-refractivity contribution in [3.05, 3.63) is 12.2 Å². The summed E-state index contributed by atoms with van der Waals surface area (Å²) in [5.41, 5.74) is 0. The molecule has 54 valence electrons. The molecule has 0 aromatic rings. The van der Waals surface area contributed by atoms with Gasteiger partial charge in [0.05, 0.1) is 12.0 Å². The van der Waals surface area contributed by atoms with Gasteiger partial charge in [-0.25, -0.2) is 0 Å². The van der Waals surface area contributed by atoms with Crippen LogP contribution in [-0.4, -0.2) is 28.7 Å². The number of hydrogen-bond donors (Lipinski definition) is 1. The van der Waals surface area contributed by atoms with Crippen molar-refractivity contribution in [3.63, 3.8) is 0 Å². The van der Waals surface area contributed by atoms with Gasteiger partial charge in [0, 0.05) is 0 Å². The number of aliphatic hydroxyl groups is 1. The van der Waals surface area contributed by atoms with Gasteiger partial charge in [0.2, 0.25) is 5.91 Å². The van der Waals surface area contributed by atoms with Gasteiger partial charge >= 0.3 is 0 Å². The lowest BCUT2D eigenvalue weighted by Crippen LogP contribution is -2.35. The molecule has 1 N–H and O–H groups in total. The summed E-state index contributed by atoms with van der Waals surface area (Å²) in [7, 11) is 0. The van der Waals surface area contributed by atoms with Gasteiger partial charge in [0.1, 0.15) is 6.73 Å². The van der Waals surface area contributed by atoms with E-state index in [9.17, 15) is 4.79 Å². The third-order valence-electron chi connectivity index (χ3n) is 2.21. The maximum absolute atomic E-state index is 11.1. The normalized spacial score (nSPS) is 36.1. The van der Waals surface area contributed by atoms with E-state index in [4.69, 9.17) is 5.11 Å². The Morgan fingerprint density at radius 2 is 2.50 bits per heavy atom. The number of nitrogens with zero attached hydrogens (tertiary/aromatic N) is 1. The SMILES string of the molecule is O=C1[C@H]2C=C[C@H](C2)N1CO. The van der Waals surface area contributed by atoms with Crippen molar-refractivity contribution in [1.82, 2.24) is 4.90 Å². The zero-order valence-corrected chi connectivity index (χ0v) is 5.53. The Labute approximate surface area is 58.9 Å². The van der Waals surface area contributed by atoms with E-state index in [1.807, 2.05) is 12.2 Å². The summed E-state index contributed by atoms with van der Waals surface area (Å²) in [5, 5.41) is 8.73.